The van der Waals surface area contributed by atoms with Crippen LogP contribution >= 0.6 is 12.2 Å². The molecule has 0 bridgehead atoms. The van der Waals surface area contributed by atoms with Gasteiger partial charge in [-0.05, 0) is 32.5 Å². The Bertz CT molecular complexity index is 473. The van der Waals surface area contributed by atoms with Gasteiger partial charge < -0.3 is 15.5 Å². The van der Waals surface area contributed by atoms with Gasteiger partial charge in [-0.3, -0.25) is 0 Å². The van der Waals surface area contributed by atoms with Gasteiger partial charge in [-0.25, -0.2) is 0 Å². The third-order valence-electron chi connectivity index (χ3n) is 3.32. The van der Waals surface area contributed by atoms with Crippen molar-refractivity contribution in [2.45, 2.75) is 26.7 Å². The maximum atomic E-state index is 5.93. The van der Waals surface area contributed by atoms with E-state index in [-0.39, 0.29) is 0 Å². The van der Waals surface area contributed by atoms with E-state index in [9.17, 15) is 0 Å². The third-order valence-corrected chi connectivity index (χ3v) is 3.52. The second-order valence-electron chi connectivity index (χ2n) is 5.12. The van der Waals surface area contributed by atoms with E-state index < -0.39 is 0 Å². The minimum atomic E-state index is 0.401. The Hall–Kier alpha value is -1.27. The normalized spacial score (nSPS) is 10.9. The van der Waals surface area contributed by atoms with Crippen LogP contribution in [0.1, 0.15) is 30.7 Å². The Balaban J connectivity index is 3.22. The molecule has 0 spiro atoms. The van der Waals surface area contributed by atoms with Crippen molar-refractivity contribution in [3.8, 4) is 0 Å². The van der Waals surface area contributed by atoms with Crippen LogP contribution in [-0.4, -0.2) is 54.3 Å². The van der Waals surface area contributed by atoms with Gasteiger partial charge in [0.25, 0.3) is 0 Å². The largest absolute Gasteiger partial charge is 0.389 e. The summed E-state index contributed by atoms with van der Waals surface area (Å²) in [6.45, 7) is 5.96. The lowest BCUT2D eigenvalue weighted by Crippen LogP contribution is -2.32. The van der Waals surface area contributed by atoms with E-state index in [1.807, 2.05) is 21.1 Å². The van der Waals surface area contributed by atoms with Crippen LogP contribution in [0.2, 0.25) is 0 Å². The molecule has 0 aliphatic carbocycles. The predicted molar refractivity (Wildman–Crippen MR) is 88.5 cm³/mol. The highest BCUT2D eigenvalue weighted by Gasteiger charge is 2.19. The molecule has 112 valence electrons. The number of nitrogens with two attached hydrogens (primary N) is 1. The molecule has 0 aliphatic heterocycles. The lowest BCUT2D eigenvalue weighted by atomic mass is 10.0. The summed E-state index contributed by atoms with van der Waals surface area (Å²) < 4.78 is 0. The second kappa shape index (κ2) is 7.50. The first-order valence-corrected chi connectivity index (χ1v) is 7.37. The number of hydrogen-bond donors (Lipinski definition) is 1. The van der Waals surface area contributed by atoms with Gasteiger partial charge in [-0.15, -0.1) is 5.10 Å². The van der Waals surface area contributed by atoms with Crippen molar-refractivity contribution in [3.63, 3.8) is 0 Å². The maximum absolute atomic E-state index is 5.93. The van der Waals surface area contributed by atoms with Gasteiger partial charge in [0.05, 0.1) is 11.3 Å². The summed E-state index contributed by atoms with van der Waals surface area (Å²) in [7, 11) is 6.09. The fourth-order valence-electron chi connectivity index (χ4n) is 2.14. The first kappa shape index (κ1) is 16.8. The topological polar surface area (TPSA) is 58.3 Å². The van der Waals surface area contributed by atoms with E-state index >= 15 is 0 Å². The number of aryl methyl sites for hydroxylation is 1. The number of thiocarbonyl (C=S) groups is 1. The lowest BCUT2D eigenvalue weighted by Gasteiger charge is -2.24. The number of rotatable bonds is 7. The van der Waals surface area contributed by atoms with Crippen molar-refractivity contribution in [2.24, 2.45) is 5.73 Å². The Morgan fingerprint density at radius 2 is 1.75 bits per heavy atom. The van der Waals surface area contributed by atoms with Gasteiger partial charge in [-0.1, -0.05) is 26.1 Å². The lowest BCUT2D eigenvalue weighted by molar-refractivity contribution is 0.416. The molecular weight excluding hydrogens is 270 g/mol. The van der Waals surface area contributed by atoms with Crippen molar-refractivity contribution >= 4 is 23.0 Å². The summed E-state index contributed by atoms with van der Waals surface area (Å²) >= 11 is 5.24. The fraction of sp³-hybridized carbons (Fsp3) is 0.643. The SMILES string of the molecule is CCc1nnc(N(C)CCN(C)C)c(C(N)=S)c1CC. The first-order chi connectivity index (χ1) is 9.42. The van der Waals surface area contributed by atoms with Crippen LogP contribution < -0.4 is 10.6 Å². The van der Waals surface area contributed by atoms with Gasteiger partial charge in [0, 0.05) is 20.1 Å². The highest BCUT2D eigenvalue weighted by Crippen LogP contribution is 2.23. The van der Waals surface area contributed by atoms with E-state index in [2.05, 4.69) is 33.8 Å². The smallest absolute Gasteiger partial charge is 0.161 e. The number of likely N-dealkylation sites (N-methyl/N-ethyl adjacent to an activating group) is 2. The van der Waals surface area contributed by atoms with E-state index in [1.165, 1.54) is 0 Å². The molecule has 0 atom stereocenters. The predicted octanol–water partition coefficient (Wildman–Crippen LogP) is 1.23. The number of nitrogens with zero attached hydrogens (tertiary/aromatic N) is 4. The van der Waals surface area contributed by atoms with E-state index in [0.29, 0.717) is 4.99 Å². The maximum Gasteiger partial charge on any atom is 0.161 e. The average molecular weight is 295 g/mol. The third kappa shape index (κ3) is 3.86. The van der Waals surface area contributed by atoms with Crippen molar-refractivity contribution < 1.29 is 0 Å². The molecule has 1 rings (SSSR count). The summed E-state index contributed by atoms with van der Waals surface area (Å²) in [5.41, 5.74) is 8.93. The molecule has 0 aromatic carbocycles. The van der Waals surface area contributed by atoms with Gasteiger partial charge in [0.1, 0.15) is 4.99 Å². The quantitative estimate of drug-likeness (QED) is 0.764. The van der Waals surface area contributed by atoms with Crippen LogP contribution in [0.4, 0.5) is 5.82 Å². The highest BCUT2D eigenvalue weighted by atomic mass is 32.1. The molecule has 5 nitrogen and oxygen atoms in total. The molecule has 20 heavy (non-hydrogen) atoms. The molecule has 1 heterocycles. The van der Waals surface area contributed by atoms with Gasteiger partial charge in [0.2, 0.25) is 0 Å². The number of aromatic nitrogens is 2. The molecule has 0 aliphatic rings. The van der Waals surface area contributed by atoms with Gasteiger partial charge in [-0.2, -0.15) is 5.10 Å². The van der Waals surface area contributed by atoms with Crippen LogP contribution in [0, 0.1) is 0 Å². The zero-order valence-corrected chi connectivity index (χ0v) is 13.9. The summed E-state index contributed by atoms with van der Waals surface area (Å²) in [6, 6.07) is 0. The molecule has 0 fully saturated rings. The Morgan fingerprint density at radius 3 is 2.20 bits per heavy atom. The molecule has 0 radical (unpaired) electrons. The zero-order valence-electron chi connectivity index (χ0n) is 13.1. The molecular formula is C14H25N5S. The molecule has 0 amide bonds. The summed E-state index contributed by atoms with van der Waals surface area (Å²) in [5.74, 6) is 0.786. The molecule has 0 unspecified atom stereocenters. The molecule has 0 saturated carbocycles. The van der Waals surface area contributed by atoms with Crippen molar-refractivity contribution in [1.82, 2.24) is 15.1 Å². The first-order valence-electron chi connectivity index (χ1n) is 6.96. The van der Waals surface area contributed by atoms with E-state index in [4.69, 9.17) is 18.0 Å². The zero-order chi connectivity index (χ0) is 15.3. The molecule has 2 N–H and O–H groups in total. The average Bonchev–Trinajstić information content (AvgIpc) is 2.42. The molecule has 1 aromatic rings. The van der Waals surface area contributed by atoms with Crippen molar-refractivity contribution in [2.75, 3.05) is 39.1 Å². The van der Waals surface area contributed by atoms with Crippen LogP contribution in [0.3, 0.4) is 0 Å². The summed E-state index contributed by atoms with van der Waals surface area (Å²) in [5, 5.41) is 8.69. The molecule has 1 aromatic heterocycles. The molecule has 0 saturated heterocycles. The van der Waals surface area contributed by atoms with E-state index in [0.717, 1.165) is 48.6 Å². The van der Waals surface area contributed by atoms with Crippen molar-refractivity contribution in [3.05, 3.63) is 16.8 Å². The van der Waals surface area contributed by atoms with E-state index in [1.54, 1.807) is 0 Å². The molecule has 6 heteroatoms. The van der Waals surface area contributed by atoms with Crippen LogP contribution in [0.5, 0.6) is 0 Å². The minimum Gasteiger partial charge on any atom is -0.389 e. The number of hydrogen-bond acceptors (Lipinski definition) is 5. The van der Waals surface area contributed by atoms with Crippen LogP contribution in [0.25, 0.3) is 0 Å². The monoisotopic (exact) mass is 295 g/mol. The minimum absolute atomic E-state index is 0.401. The van der Waals surface area contributed by atoms with Gasteiger partial charge in [0.15, 0.2) is 5.82 Å². The Labute approximate surface area is 127 Å². The fourth-order valence-corrected chi connectivity index (χ4v) is 2.36. The Morgan fingerprint density at radius 1 is 1.10 bits per heavy atom. The van der Waals surface area contributed by atoms with Crippen molar-refractivity contribution in [1.29, 1.82) is 0 Å². The Kier molecular flexibility index (Phi) is 6.29. The summed E-state index contributed by atoms with van der Waals surface area (Å²) in [6.07, 6.45) is 1.70. The number of anilines is 1. The van der Waals surface area contributed by atoms with Crippen LogP contribution in [-0.2, 0) is 12.8 Å². The summed E-state index contributed by atoms with van der Waals surface area (Å²) in [4.78, 5) is 4.60. The highest BCUT2D eigenvalue weighted by molar-refractivity contribution is 7.80. The van der Waals surface area contributed by atoms with Gasteiger partial charge >= 0.3 is 0 Å². The second-order valence-corrected chi connectivity index (χ2v) is 5.56. The van der Waals surface area contributed by atoms with Crippen LogP contribution in [0.15, 0.2) is 0 Å². The standard InChI is InChI=1S/C14H25N5S/c1-6-10-11(7-2)16-17-14(12(10)13(15)20)19(5)9-8-18(3)4/h6-9H2,1-5H3,(H2,15,20).